The van der Waals surface area contributed by atoms with E-state index in [1.165, 1.54) is 0 Å². The predicted molar refractivity (Wildman–Crippen MR) is 96.2 cm³/mol. The van der Waals surface area contributed by atoms with Gasteiger partial charge in [0.1, 0.15) is 5.82 Å². The zero-order chi connectivity index (χ0) is 19.4. The smallest absolute Gasteiger partial charge is 0.258 e. The molecule has 27 heavy (non-hydrogen) atoms. The molecule has 0 spiro atoms. The molecule has 1 aliphatic carbocycles. The minimum atomic E-state index is -0.861. The van der Waals surface area contributed by atoms with Crippen molar-refractivity contribution in [2.45, 2.75) is 25.8 Å². The summed E-state index contributed by atoms with van der Waals surface area (Å²) in [4.78, 5) is 23.7. The third-order valence-corrected chi connectivity index (χ3v) is 4.26. The first-order chi connectivity index (χ1) is 12.9. The van der Waals surface area contributed by atoms with E-state index in [0.29, 0.717) is 11.8 Å². The third kappa shape index (κ3) is 5.26. The maximum atomic E-state index is 13.5. The van der Waals surface area contributed by atoms with Gasteiger partial charge in [-0.1, -0.05) is 12.1 Å². The second-order valence-corrected chi connectivity index (χ2v) is 6.54. The van der Waals surface area contributed by atoms with Gasteiger partial charge in [0.15, 0.2) is 18.2 Å². The van der Waals surface area contributed by atoms with Crippen LogP contribution in [-0.2, 0) is 9.59 Å². The molecule has 0 saturated heterocycles. The number of nitrogens with one attached hydrogen (secondary N) is 2. The molecular formula is C20H20F2N2O3. The molecule has 1 fully saturated rings. The molecule has 3 rings (SSSR count). The maximum absolute atomic E-state index is 13.5. The fraction of sp³-hybridized carbons (Fsp3) is 0.300. The number of ether oxygens (including phenoxy) is 1. The Bertz CT molecular complexity index is 836. The minimum Gasteiger partial charge on any atom is -0.481 e. The highest BCUT2D eigenvalue weighted by Gasteiger charge is 2.29. The summed E-state index contributed by atoms with van der Waals surface area (Å²) < 4.78 is 31.4. The first kappa shape index (κ1) is 18.8. The molecule has 0 bridgehead atoms. The SMILES string of the molecule is CC(NC(=O)COc1ccc(F)cc1F)c1ccc(NC(=O)C2CC2)cc1. The van der Waals surface area contributed by atoms with Gasteiger partial charge in [-0.3, -0.25) is 9.59 Å². The molecule has 1 unspecified atom stereocenters. The highest BCUT2D eigenvalue weighted by atomic mass is 19.1. The lowest BCUT2D eigenvalue weighted by Crippen LogP contribution is -2.31. The average molecular weight is 374 g/mol. The van der Waals surface area contributed by atoms with Crippen molar-refractivity contribution < 1.29 is 23.1 Å². The molecule has 2 N–H and O–H groups in total. The van der Waals surface area contributed by atoms with Crippen LogP contribution >= 0.6 is 0 Å². The fourth-order valence-electron chi connectivity index (χ4n) is 2.55. The Morgan fingerprint density at radius 2 is 1.85 bits per heavy atom. The van der Waals surface area contributed by atoms with Crippen molar-refractivity contribution in [1.29, 1.82) is 0 Å². The molecule has 5 nitrogen and oxygen atoms in total. The molecule has 1 saturated carbocycles. The Balaban J connectivity index is 1.49. The Morgan fingerprint density at radius 3 is 2.48 bits per heavy atom. The van der Waals surface area contributed by atoms with Crippen molar-refractivity contribution in [2.75, 3.05) is 11.9 Å². The highest BCUT2D eigenvalue weighted by Crippen LogP contribution is 2.30. The summed E-state index contributed by atoms with van der Waals surface area (Å²) in [5.74, 6) is -2.02. The molecule has 142 valence electrons. The number of anilines is 1. The Morgan fingerprint density at radius 1 is 1.15 bits per heavy atom. The van der Waals surface area contributed by atoms with Crippen LogP contribution in [0.25, 0.3) is 0 Å². The minimum absolute atomic E-state index is 0.0364. The predicted octanol–water partition coefficient (Wildman–Crippen LogP) is 3.57. The number of halogens is 2. The highest BCUT2D eigenvalue weighted by molar-refractivity contribution is 5.94. The number of hydrogen-bond donors (Lipinski definition) is 2. The summed E-state index contributed by atoms with van der Waals surface area (Å²) in [6, 6.07) is 9.78. The van der Waals surface area contributed by atoms with Gasteiger partial charge >= 0.3 is 0 Å². The number of hydrogen-bond acceptors (Lipinski definition) is 3. The first-order valence-electron chi connectivity index (χ1n) is 8.70. The molecule has 0 aromatic heterocycles. The van der Waals surface area contributed by atoms with Gasteiger partial charge in [-0.05, 0) is 49.6 Å². The van der Waals surface area contributed by atoms with Gasteiger partial charge in [-0.2, -0.15) is 0 Å². The van der Waals surface area contributed by atoms with Gasteiger partial charge in [-0.15, -0.1) is 0 Å². The lowest BCUT2D eigenvalue weighted by molar-refractivity contribution is -0.123. The van der Waals surface area contributed by atoms with Crippen molar-refractivity contribution >= 4 is 17.5 Å². The van der Waals surface area contributed by atoms with E-state index in [1.807, 2.05) is 12.1 Å². The molecular weight excluding hydrogens is 354 g/mol. The molecule has 0 aliphatic heterocycles. The second kappa shape index (κ2) is 8.16. The van der Waals surface area contributed by atoms with Gasteiger partial charge in [0.2, 0.25) is 5.91 Å². The molecule has 0 radical (unpaired) electrons. The summed E-state index contributed by atoms with van der Waals surface area (Å²) in [6.07, 6.45) is 1.88. The van der Waals surface area contributed by atoms with Gasteiger partial charge in [0.25, 0.3) is 5.91 Å². The Kier molecular flexibility index (Phi) is 5.69. The zero-order valence-electron chi connectivity index (χ0n) is 14.8. The van der Waals surface area contributed by atoms with E-state index in [1.54, 1.807) is 19.1 Å². The summed E-state index contributed by atoms with van der Waals surface area (Å²) in [7, 11) is 0. The number of benzene rings is 2. The van der Waals surface area contributed by atoms with Crippen molar-refractivity contribution in [2.24, 2.45) is 5.92 Å². The summed E-state index contributed by atoms with van der Waals surface area (Å²) in [5, 5.41) is 5.59. The van der Waals surface area contributed by atoms with E-state index in [2.05, 4.69) is 10.6 Å². The van der Waals surface area contributed by atoms with Crippen molar-refractivity contribution in [1.82, 2.24) is 5.32 Å². The van der Waals surface area contributed by atoms with Crippen LogP contribution in [0.1, 0.15) is 31.4 Å². The van der Waals surface area contributed by atoms with Crippen molar-refractivity contribution in [3.05, 3.63) is 59.7 Å². The number of amides is 2. The van der Waals surface area contributed by atoms with Gasteiger partial charge < -0.3 is 15.4 Å². The van der Waals surface area contributed by atoms with Crippen LogP contribution in [0, 0.1) is 17.6 Å². The lowest BCUT2D eigenvalue weighted by atomic mass is 10.1. The van der Waals surface area contributed by atoms with Crippen LogP contribution in [-0.4, -0.2) is 18.4 Å². The van der Waals surface area contributed by atoms with E-state index >= 15 is 0 Å². The topological polar surface area (TPSA) is 67.4 Å². The summed E-state index contributed by atoms with van der Waals surface area (Å²) >= 11 is 0. The largest absolute Gasteiger partial charge is 0.481 e. The quantitative estimate of drug-likeness (QED) is 0.779. The number of rotatable bonds is 7. The second-order valence-electron chi connectivity index (χ2n) is 6.54. The van der Waals surface area contributed by atoms with Crippen LogP contribution in [0.3, 0.4) is 0 Å². The zero-order valence-corrected chi connectivity index (χ0v) is 14.8. The summed E-state index contributed by atoms with van der Waals surface area (Å²) in [5.41, 5.74) is 1.56. The number of carbonyl (C=O) groups is 2. The third-order valence-electron chi connectivity index (χ3n) is 4.26. The van der Waals surface area contributed by atoms with Gasteiger partial charge in [-0.25, -0.2) is 8.78 Å². The molecule has 2 aromatic carbocycles. The van der Waals surface area contributed by atoms with Crippen molar-refractivity contribution in [3.8, 4) is 5.75 Å². The molecule has 2 aromatic rings. The monoisotopic (exact) mass is 374 g/mol. The molecule has 7 heteroatoms. The van der Waals surface area contributed by atoms with E-state index < -0.39 is 17.5 Å². The molecule has 2 amide bonds. The molecule has 1 atom stereocenters. The maximum Gasteiger partial charge on any atom is 0.258 e. The number of carbonyl (C=O) groups excluding carboxylic acids is 2. The first-order valence-corrected chi connectivity index (χ1v) is 8.70. The van der Waals surface area contributed by atoms with E-state index in [4.69, 9.17) is 4.74 Å². The normalized spacial score (nSPS) is 14.3. The van der Waals surface area contributed by atoms with Crippen LogP contribution < -0.4 is 15.4 Å². The van der Waals surface area contributed by atoms with Crippen LogP contribution in [0.15, 0.2) is 42.5 Å². The van der Waals surface area contributed by atoms with Gasteiger partial charge in [0, 0.05) is 17.7 Å². The van der Waals surface area contributed by atoms with E-state index in [0.717, 1.165) is 30.5 Å². The van der Waals surface area contributed by atoms with E-state index in [-0.39, 0.29) is 30.2 Å². The molecule has 0 heterocycles. The lowest BCUT2D eigenvalue weighted by Gasteiger charge is -2.15. The van der Waals surface area contributed by atoms with Crippen LogP contribution in [0.5, 0.6) is 5.75 Å². The summed E-state index contributed by atoms with van der Waals surface area (Å²) in [6.45, 7) is 1.41. The molecule has 1 aliphatic rings. The van der Waals surface area contributed by atoms with Gasteiger partial charge in [0.05, 0.1) is 6.04 Å². The van der Waals surface area contributed by atoms with E-state index in [9.17, 15) is 18.4 Å². The standard InChI is InChI=1S/C20H20F2N2O3/c1-12(13-4-7-16(8-5-13)24-20(26)14-2-3-14)23-19(25)11-27-18-9-6-15(21)10-17(18)22/h4-10,12,14H,2-3,11H2,1H3,(H,23,25)(H,24,26). The van der Waals surface area contributed by atoms with Crippen LogP contribution in [0.4, 0.5) is 14.5 Å². The van der Waals surface area contributed by atoms with Crippen molar-refractivity contribution in [3.63, 3.8) is 0 Å². The average Bonchev–Trinajstić information content (AvgIpc) is 3.46. The Labute approximate surface area is 155 Å². The van der Waals surface area contributed by atoms with Crippen LogP contribution in [0.2, 0.25) is 0 Å². The Hall–Kier alpha value is -2.96. The fourth-order valence-corrected chi connectivity index (χ4v) is 2.55.